The van der Waals surface area contributed by atoms with Crippen molar-refractivity contribution < 1.29 is 5.11 Å². The Labute approximate surface area is 148 Å². The van der Waals surface area contributed by atoms with Crippen LogP contribution in [0.1, 0.15) is 71.3 Å². The lowest BCUT2D eigenvalue weighted by Gasteiger charge is -2.44. The average Bonchev–Trinajstić information content (AvgIpc) is 2.57. The van der Waals surface area contributed by atoms with Crippen LogP contribution in [0.4, 0.5) is 0 Å². The first-order chi connectivity index (χ1) is 11.5. The molecule has 1 aromatic rings. The van der Waals surface area contributed by atoms with E-state index in [1.165, 1.54) is 44.9 Å². The summed E-state index contributed by atoms with van der Waals surface area (Å²) in [6, 6.07) is 8.31. The van der Waals surface area contributed by atoms with E-state index < -0.39 is 0 Å². The fraction of sp³-hybridized carbons (Fsp3) is 0.714. The van der Waals surface area contributed by atoms with Crippen LogP contribution in [0.25, 0.3) is 0 Å². The number of rotatable bonds is 8. The third kappa shape index (κ3) is 4.97. The highest BCUT2D eigenvalue weighted by Gasteiger charge is 2.34. The van der Waals surface area contributed by atoms with Crippen LogP contribution >= 0.6 is 0 Å². The maximum atomic E-state index is 9.97. The quantitative estimate of drug-likeness (QED) is 0.527. The molecule has 0 radical (unpaired) electrons. The molecule has 2 N–H and O–H groups in total. The van der Waals surface area contributed by atoms with Crippen molar-refractivity contribution in [3.05, 3.63) is 29.8 Å². The largest absolute Gasteiger partial charge is 0.508 e. The Morgan fingerprint density at radius 3 is 2.54 bits per heavy atom. The maximum Gasteiger partial charge on any atom is 0.115 e. The molecule has 136 valence electrons. The number of benzene rings is 1. The molecule has 0 heterocycles. The summed E-state index contributed by atoms with van der Waals surface area (Å²) in [4.78, 5) is 2.43. The molecule has 0 spiro atoms. The topological polar surface area (TPSA) is 35.5 Å². The summed E-state index contributed by atoms with van der Waals surface area (Å²) in [6.07, 6.45) is 8.84. The predicted octanol–water partition coefficient (Wildman–Crippen LogP) is 4.86. The first-order valence-corrected chi connectivity index (χ1v) is 9.74. The molecule has 1 fully saturated rings. The van der Waals surface area contributed by atoms with Crippen LogP contribution in [0.15, 0.2) is 24.3 Å². The highest BCUT2D eigenvalue weighted by Crippen LogP contribution is 2.31. The Kier molecular flexibility index (Phi) is 7.12. The second-order valence-electron chi connectivity index (χ2n) is 7.85. The molecular weight excluding hydrogens is 296 g/mol. The molecule has 1 aliphatic carbocycles. The molecule has 3 nitrogen and oxygen atoms in total. The molecule has 2 rings (SSSR count). The van der Waals surface area contributed by atoms with Gasteiger partial charge in [-0.2, -0.15) is 0 Å². The Morgan fingerprint density at radius 1 is 1.21 bits per heavy atom. The fourth-order valence-corrected chi connectivity index (χ4v) is 3.85. The Hall–Kier alpha value is -1.06. The lowest BCUT2D eigenvalue weighted by atomic mass is 9.86. The van der Waals surface area contributed by atoms with Gasteiger partial charge >= 0.3 is 0 Å². The first kappa shape index (κ1) is 19.3. The van der Waals surface area contributed by atoms with Crippen molar-refractivity contribution in [2.75, 3.05) is 13.6 Å². The van der Waals surface area contributed by atoms with E-state index >= 15 is 0 Å². The van der Waals surface area contributed by atoms with Crippen LogP contribution in [-0.2, 0) is 5.66 Å². The average molecular weight is 333 g/mol. The zero-order valence-electron chi connectivity index (χ0n) is 16.0. The minimum Gasteiger partial charge on any atom is -0.508 e. The number of phenols is 1. The summed E-state index contributed by atoms with van der Waals surface area (Å²) in [5.41, 5.74) is 0.915. The van der Waals surface area contributed by atoms with Crippen molar-refractivity contribution in [3.63, 3.8) is 0 Å². The summed E-state index contributed by atoms with van der Waals surface area (Å²) in [5, 5.41) is 13.9. The number of nitrogens with zero attached hydrogens (tertiary/aromatic N) is 1. The molecule has 1 aromatic carbocycles. The second-order valence-corrected chi connectivity index (χ2v) is 7.85. The SMILES string of the molecule is CCCCCN(C)C(C)(NC1CCC(C)CC1)c1cccc(O)c1. The van der Waals surface area contributed by atoms with Gasteiger partial charge in [-0.3, -0.25) is 10.2 Å². The van der Waals surface area contributed by atoms with E-state index in [2.05, 4.69) is 44.1 Å². The van der Waals surface area contributed by atoms with E-state index in [0.717, 1.165) is 18.0 Å². The van der Waals surface area contributed by atoms with Gasteiger partial charge < -0.3 is 5.11 Å². The van der Waals surface area contributed by atoms with Crippen LogP contribution in [0.5, 0.6) is 5.75 Å². The van der Waals surface area contributed by atoms with E-state index in [1.807, 2.05) is 12.1 Å². The highest BCUT2D eigenvalue weighted by molar-refractivity contribution is 5.32. The number of aromatic hydroxyl groups is 1. The van der Waals surface area contributed by atoms with E-state index in [4.69, 9.17) is 0 Å². The zero-order valence-corrected chi connectivity index (χ0v) is 16.0. The van der Waals surface area contributed by atoms with Crippen molar-refractivity contribution in [1.82, 2.24) is 10.2 Å². The van der Waals surface area contributed by atoms with Crippen molar-refractivity contribution in [3.8, 4) is 5.75 Å². The molecule has 1 aliphatic rings. The monoisotopic (exact) mass is 332 g/mol. The van der Waals surface area contributed by atoms with Gasteiger partial charge in [0, 0.05) is 6.04 Å². The molecule has 1 unspecified atom stereocenters. The van der Waals surface area contributed by atoms with Gasteiger partial charge in [-0.1, -0.05) is 38.8 Å². The number of unbranched alkanes of at least 4 members (excludes halogenated alkanes) is 2. The van der Waals surface area contributed by atoms with Crippen LogP contribution in [0.2, 0.25) is 0 Å². The van der Waals surface area contributed by atoms with Gasteiger partial charge in [0.05, 0.1) is 5.66 Å². The van der Waals surface area contributed by atoms with Crippen LogP contribution in [0.3, 0.4) is 0 Å². The van der Waals surface area contributed by atoms with Gasteiger partial charge in [0.1, 0.15) is 5.75 Å². The normalized spacial score (nSPS) is 24.0. The Morgan fingerprint density at radius 2 is 1.92 bits per heavy atom. The molecule has 0 amide bonds. The minimum absolute atomic E-state index is 0.238. The molecule has 24 heavy (non-hydrogen) atoms. The predicted molar refractivity (Wildman–Crippen MR) is 102 cm³/mol. The molecule has 3 heteroatoms. The third-order valence-electron chi connectivity index (χ3n) is 5.77. The molecule has 1 saturated carbocycles. The zero-order chi connectivity index (χ0) is 17.6. The number of phenolic OH excluding ortho intramolecular Hbond substituents is 1. The Balaban J connectivity index is 2.16. The summed E-state index contributed by atoms with van der Waals surface area (Å²) in [7, 11) is 2.21. The van der Waals surface area contributed by atoms with Gasteiger partial charge in [0.15, 0.2) is 0 Å². The van der Waals surface area contributed by atoms with Crippen LogP contribution < -0.4 is 5.32 Å². The molecule has 0 saturated heterocycles. The van der Waals surface area contributed by atoms with Gasteiger partial charge in [-0.25, -0.2) is 0 Å². The summed E-state index contributed by atoms with van der Waals surface area (Å²) >= 11 is 0. The summed E-state index contributed by atoms with van der Waals surface area (Å²) in [6.45, 7) is 7.94. The second kappa shape index (κ2) is 8.87. The van der Waals surface area contributed by atoms with Gasteiger partial charge in [0.25, 0.3) is 0 Å². The van der Waals surface area contributed by atoms with Crippen molar-refractivity contribution >= 4 is 0 Å². The van der Waals surface area contributed by atoms with E-state index in [9.17, 15) is 5.11 Å². The summed E-state index contributed by atoms with van der Waals surface area (Å²) in [5.74, 6) is 1.21. The maximum absolute atomic E-state index is 9.97. The van der Waals surface area contributed by atoms with Crippen LogP contribution in [0, 0.1) is 5.92 Å². The smallest absolute Gasteiger partial charge is 0.115 e. The summed E-state index contributed by atoms with van der Waals surface area (Å²) < 4.78 is 0. The molecule has 0 aliphatic heterocycles. The number of hydrogen-bond donors (Lipinski definition) is 2. The van der Waals surface area contributed by atoms with Gasteiger partial charge in [-0.15, -0.1) is 0 Å². The van der Waals surface area contributed by atoms with Crippen LogP contribution in [-0.4, -0.2) is 29.6 Å². The lowest BCUT2D eigenvalue weighted by molar-refractivity contribution is 0.0697. The molecule has 1 atom stereocenters. The van der Waals surface area contributed by atoms with Crippen molar-refractivity contribution in [2.24, 2.45) is 5.92 Å². The Bertz CT molecular complexity index is 496. The first-order valence-electron chi connectivity index (χ1n) is 9.74. The van der Waals surface area contributed by atoms with Crippen molar-refractivity contribution in [2.45, 2.75) is 77.4 Å². The highest BCUT2D eigenvalue weighted by atomic mass is 16.3. The number of nitrogens with one attached hydrogen (secondary N) is 1. The van der Waals surface area contributed by atoms with Gasteiger partial charge in [0.2, 0.25) is 0 Å². The molecule has 0 aromatic heterocycles. The van der Waals surface area contributed by atoms with Gasteiger partial charge in [-0.05, 0) is 76.2 Å². The van der Waals surface area contributed by atoms with E-state index in [0.29, 0.717) is 11.8 Å². The fourth-order valence-electron chi connectivity index (χ4n) is 3.85. The molecule has 0 bridgehead atoms. The standard InChI is InChI=1S/C21H36N2O/c1-5-6-7-15-23(4)21(3,18-9-8-10-20(24)16-18)22-19-13-11-17(2)12-14-19/h8-10,16-17,19,22,24H,5-7,11-15H2,1-4H3. The third-order valence-corrected chi connectivity index (χ3v) is 5.77. The number of hydrogen-bond acceptors (Lipinski definition) is 3. The van der Waals surface area contributed by atoms with E-state index in [1.54, 1.807) is 6.07 Å². The van der Waals surface area contributed by atoms with E-state index in [-0.39, 0.29) is 5.66 Å². The minimum atomic E-state index is -0.238. The van der Waals surface area contributed by atoms with Crippen molar-refractivity contribution in [1.29, 1.82) is 0 Å². The lowest BCUT2D eigenvalue weighted by Crippen LogP contribution is -2.56. The molecular formula is C21H36N2O.